The predicted octanol–water partition coefficient (Wildman–Crippen LogP) is 9.04. The van der Waals surface area contributed by atoms with Crippen LogP contribution in [0.3, 0.4) is 0 Å². The van der Waals surface area contributed by atoms with Crippen molar-refractivity contribution in [3.63, 3.8) is 0 Å². The number of benzene rings is 3. The van der Waals surface area contributed by atoms with Crippen LogP contribution in [0.1, 0.15) is 68.3 Å². The van der Waals surface area contributed by atoms with Crippen molar-refractivity contribution in [2.24, 2.45) is 0 Å². The number of hydrogen-bond acceptors (Lipinski definition) is 11. The van der Waals surface area contributed by atoms with Crippen molar-refractivity contribution in [2.45, 2.75) is 71.2 Å². The van der Waals surface area contributed by atoms with Crippen molar-refractivity contribution in [1.29, 1.82) is 0 Å². The van der Waals surface area contributed by atoms with Gasteiger partial charge in [0, 0.05) is 0 Å². The molecule has 0 fully saturated rings. The van der Waals surface area contributed by atoms with Crippen molar-refractivity contribution in [1.82, 2.24) is 0 Å². The second-order valence-electron chi connectivity index (χ2n) is 11.3. The van der Waals surface area contributed by atoms with Crippen molar-refractivity contribution >= 4 is 18.3 Å². The van der Waals surface area contributed by atoms with Crippen molar-refractivity contribution < 1.29 is 52.3 Å². The predicted molar refractivity (Wildman–Crippen MR) is 191 cm³/mol. The molecule has 3 rings (SSSR count). The average molecular weight is 705 g/mol. The summed E-state index contributed by atoms with van der Waals surface area (Å²) in [4.78, 5) is 36.7. The van der Waals surface area contributed by atoms with Gasteiger partial charge < -0.3 is 37.9 Å². The standard InChI is InChI=1S/C40H48O11/c1-5-25-44-32(7-3)11-9-27-46-39(42)50-36-17-13-30(14-18-36)29-48-34-21-23-35(24-22-34)49-38(41)31-15-19-37(20-16-31)51-40(43)47-28-10-12-33(8-4)45-26-6-2/h5-6,13-24,32-33H,1-2,7-12,25-29H2,3-4H3. The van der Waals surface area contributed by atoms with Gasteiger partial charge in [-0.2, -0.15) is 0 Å². The summed E-state index contributed by atoms with van der Waals surface area (Å²) in [6, 6.07) is 19.5. The number of carbonyl (C=O) groups excluding carboxylic acids is 3. The quantitative estimate of drug-likeness (QED) is 0.0309. The van der Waals surface area contributed by atoms with Crippen LogP contribution >= 0.6 is 0 Å². The summed E-state index contributed by atoms with van der Waals surface area (Å²) in [5, 5.41) is 0. The Bertz CT molecular complexity index is 1480. The van der Waals surface area contributed by atoms with E-state index in [0.717, 1.165) is 31.2 Å². The van der Waals surface area contributed by atoms with Gasteiger partial charge in [-0.05, 0) is 105 Å². The fourth-order valence-corrected chi connectivity index (χ4v) is 4.65. The highest BCUT2D eigenvalue weighted by Gasteiger charge is 2.13. The van der Waals surface area contributed by atoms with Gasteiger partial charge in [-0.1, -0.05) is 38.1 Å². The summed E-state index contributed by atoms with van der Waals surface area (Å²) in [7, 11) is 0. The molecule has 0 N–H and O–H groups in total. The third-order valence-corrected chi connectivity index (χ3v) is 7.45. The number of hydrogen-bond donors (Lipinski definition) is 0. The maximum absolute atomic E-state index is 12.6. The summed E-state index contributed by atoms with van der Waals surface area (Å²) >= 11 is 0. The molecule has 0 heterocycles. The van der Waals surface area contributed by atoms with Gasteiger partial charge in [0.2, 0.25) is 0 Å². The first-order valence-electron chi connectivity index (χ1n) is 17.1. The average Bonchev–Trinajstić information content (AvgIpc) is 3.14. The number of esters is 1. The molecule has 0 aromatic heterocycles. The molecule has 2 unspecified atom stereocenters. The molecule has 0 saturated carbocycles. The van der Waals surface area contributed by atoms with E-state index < -0.39 is 18.3 Å². The van der Waals surface area contributed by atoms with Gasteiger partial charge in [-0.25, -0.2) is 14.4 Å². The Balaban J connectivity index is 1.34. The minimum absolute atomic E-state index is 0.0861. The topological polar surface area (TPSA) is 125 Å². The molecule has 0 saturated heterocycles. The summed E-state index contributed by atoms with van der Waals surface area (Å²) < 4.78 is 43.3. The van der Waals surface area contributed by atoms with E-state index in [2.05, 4.69) is 13.2 Å². The maximum atomic E-state index is 12.6. The zero-order valence-electron chi connectivity index (χ0n) is 29.4. The number of rotatable bonds is 23. The molecule has 274 valence electrons. The van der Waals surface area contributed by atoms with Crippen LogP contribution in [0.4, 0.5) is 9.59 Å². The second kappa shape index (κ2) is 23.3. The van der Waals surface area contributed by atoms with Crippen LogP contribution in [0.5, 0.6) is 23.0 Å². The fourth-order valence-electron chi connectivity index (χ4n) is 4.65. The molecule has 0 radical (unpaired) electrons. The molecule has 3 aromatic rings. The van der Waals surface area contributed by atoms with Gasteiger partial charge in [0.15, 0.2) is 0 Å². The van der Waals surface area contributed by atoms with E-state index in [-0.39, 0.29) is 43.3 Å². The maximum Gasteiger partial charge on any atom is 0.513 e. The molecule has 0 amide bonds. The van der Waals surface area contributed by atoms with Gasteiger partial charge in [0.25, 0.3) is 0 Å². The molecule has 3 aromatic carbocycles. The van der Waals surface area contributed by atoms with E-state index in [1.54, 1.807) is 60.7 Å². The molecule has 0 spiro atoms. The highest BCUT2D eigenvalue weighted by atomic mass is 16.7. The Labute approximate surface area is 300 Å². The molecule has 0 aliphatic rings. The van der Waals surface area contributed by atoms with Gasteiger partial charge in [0.1, 0.15) is 29.6 Å². The molecule has 2 atom stereocenters. The van der Waals surface area contributed by atoms with Crippen LogP contribution in [0.25, 0.3) is 0 Å². The Morgan fingerprint density at radius 1 is 0.608 bits per heavy atom. The Morgan fingerprint density at radius 2 is 1.04 bits per heavy atom. The molecule has 11 heteroatoms. The van der Waals surface area contributed by atoms with Gasteiger partial charge in [-0.3, -0.25) is 0 Å². The second-order valence-corrected chi connectivity index (χ2v) is 11.3. The van der Waals surface area contributed by atoms with E-state index in [0.29, 0.717) is 43.3 Å². The summed E-state index contributed by atoms with van der Waals surface area (Å²) in [6.07, 6.45) is 6.60. The van der Waals surface area contributed by atoms with Crippen LogP contribution in [0, 0.1) is 0 Å². The fraction of sp³-hybridized carbons (Fsp3) is 0.375. The van der Waals surface area contributed by atoms with Crippen molar-refractivity contribution in [3.8, 4) is 23.0 Å². The molecular formula is C40H48O11. The van der Waals surface area contributed by atoms with E-state index in [4.69, 9.17) is 37.9 Å². The molecule has 11 nitrogen and oxygen atoms in total. The Morgan fingerprint density at radius 3 is 1.51 bits per heavy atom. The molecule has 0 aliphatic heterocycles. The van der Waals surface area contributed by atoms with E-state index in [1.807, 2.05) is 13.8 Å². The SMILES string of the molecule is C=CCOC(CC)CCCOC(=O)Oc1ccc(COc2ccc(OC(=O)c3ccc(OC(=O)OCCCC(CC)OCC=C)cc3)cc2)cc1. The Hall–Kier alpha value is -5.13. The van der Waals surface area contributed by atoms with Crippen LogP contribution < -0.4 is 18.9 Å². The number of carbonyl (C=O) groups is 3. The van der Waals surface area contributed by atoms with E-state index in [9.17, 15) is 14.4 Å². The molecular weight excluding hydrogens is 656 g/mol. The number of ether oxygens (including phenoxy) is 8. The normalized spacial score (nSPS) is 11.8. The molecule has 0 aliphatic carbocycles. The Kier molecular flexibility index (Phi) is 18.4. The lowest BCUT2D eigenvalue weighted by atomic mass is 10.1. The van der Waals surface area contributed by atoms with Crippen LogP contribution in [0.15, 0.2) is 98.1 Å². The highest BCUT2D eigenvalue weighted by molar-refractivity contribution is 5.91. The largest absolute Gasteiger partial charge is 0.513 e. The van der Waals surface area contributed by atoms with Crippen LogP contribution in [-0.4, -0.2) is 56.9 Å². The zero-order valence-corrected chi connectivity index (χ0v) is 29.4. The van der Waals surface area contributed by atoms with Crippen molar-refractivity contribution in [2.75, 3.05) is 26.4 Å². The van der Waals surface area contributed by atoms with E-state index >= 15 is 0 Å². The van der Waals surface area contributed by atoms with Crippen LogP contribution in [0.2, 0.25) is 0 Å². The van der Waals surface area contributed by atoms with Gasteiger partial charge >= 0.3 is 18.3 Å². The van der Waals surface area contributed by atoms with Gasteiger partial charge in [0.05, 0.1) is 44.2 Å². The smallest absolute Gasteiger partial charge is 0.489 e. The monoisotopic (exact) mass is 704 g/mol. The third kappa shape index (κ3) is 16.0. The van der Waals surface area contributed by atoms with E-state index in [1.165, 1.54) is 24.3 Å². The van der Waals surface area contributed by atoms with Crippen LogP contribution in [-0.2, 0) is 25.6 Å². The first kappa shape index (κ1) is 40.3. The summed E-state index contributed by atoms with van der Waals surface area (Å²) in [5.74, 6) is 0.918. The lowest BCUT2D eigenvalue weighted by molar-refractivity contribution is 0.0529. The molecule has 0 bridgehead atoms. The highest BCUT2D eigenvalue weighted by Crippen LogP contribution is 2.22. The first-order valence-corrected chi connectivity index (χ1v) is 17.1. The summed E-state index contributed by atoms with van der Waals surface area (Å²) in [5.41, 5.74) is 1.13. The molecule has 51 heavy (non-hydrogen) atoms. The minimum Gasteiger partial charge on any atom is -0.489 e. The minimum atomic E-state index is -0.824. The lowest BCUT2D eigenvalue weighted by Gasteiger charge is -2.14. The third-order valence-electron chi connectivity index (χ3n) is 7.45. The summed E-state index contributed by atoms with van der Waals surface area (Å²) in [6.45, 7) is 13.1. The first-order chi connectivity index (χ1) is 24.8. The van der Waals surface area contributed by atoms with Crippen molar-refractivity contribution in [3.05, 3.63) is 109 Å². The zero-order chi connectivity index (χ0) is 36.7. The lowest BCUT2D eigenvalue weighted by Crippen LogP contribution is -2.15. The van der Waals surface area contributed by atoms with Gasteiger partial charge in [-0.15, -0.1) is 13.2 Å².